The molecule has 2 rings (SSSR count). The molecule has 5 heteroatoms. The second-order valence-corrected chi connectivity index (χ2v) is 3.42. The van der Waals surface area contributed by atoms with Gasteiger partial charge in [-0.15, -0.1) is 0 Å². The van der Waals surface area contributed by atoms with E-state index in [2.05, 4.69) is 4.98 Å². The quantitative estimate of drug-likeness (QED) is 0.751. The largest absolute Gasteiger partial charge is 0.291 e. The van der Waals surface area contributed by atoms with E-state index >= 15 is 0 Å². The lowest BCUT2D eigenvalue weighted by atomic mass is 10.3. The number of halogens is 1. The van der Waals surface area contributed by atoms with Crippen LogP contribution in [0.2, 0.25) is 5.02 Å². The molecule has 0 atom stereocenters. The Hall–Kier alpha value is -2.12. The molecule has 16 heavy (non-hydrogen) atoms. The Kier molecular flexibility index (Phi) is 2.71. The van der Waals surface area contributed by atoms with Gasteiger partial charge in [-0.25, -0.2) is 4.98 Å². The van der Waals surface area contributed by atoms with E-state index in [1.807, 2.05) is 0 Å². The second-order valence-electron chi connectivity index (χ2n) is 3.01. The number of benzene rings is 1. The van der Waals surface area contributed by atoms with Crippen molar-refractivity contribution in [3.63, 3.8) is 0 Å². The van der Waals surface area contributed by atoms with Gasteiger partial charge in [-0.1, -0.05) is 23.7 Å². The lowest BCUT2D eigenvalue weighted by molar-refractivity contribution is 0.943. The molecule has 0 fully saturated rings. The summed E-state index contributed by atoms with van der Waals surface area (Å²) in [6, 6.07) is 8.64. The van der Waals surface area contributed by atoms with Crippen molar-refractivity contribution in [1.29, 1.82) is 5.26 Å². The van der Waals surface area contributed by atoms with Crippen molar-refractivity contribution >= 4 is 11.6 Å². The van der Waals surface area contributed by atoms with Crippen LogP contribution in [0.3, 0.4) is 0 Å². The zero-order valence-corrected chi connectivity index (χ0v) is 8.85. The van der Waals surface area contributed by atoms with Crippen LogP contribution in [0.25, 0.3) is 5.69 Å². The fourth-order valence-corrected chi connectivity index (χ4v) is 1.55. The lowest BCUT2D eigenvalue weighted by Gasteiger charge is -2.06. The minimum Gasteiger partial charge on any atom is -0.279 e. The van der Waals surface area contributed by atoms with Crippen molar-refractivity contribution in [3.8, 4) is 11.8 Å². The average Bonchev–Trinajstić information content (AvgIpc) is 2.31. The molecule has 4 nitrogen and oxygen atoms in total. The van der Waals surface area contributed by atoms with Crippen molar-refractivity contribution < 1.29 is 0 Å². The van der Waals surface area contributed by atoms with Gasteiger partial charge in [0, 0.05) is 12.4 Å². The fraction of sp³-hybridized carbons (Fsp3) is 0. The third kappa shape index (κ3) is 1.69. The Bertz CT molecular complexity index is 628. The fourth-order valence-electron chi connectivity index (χ4n) is 1.33. The number of hydrogen-bond acceptors (Lipinski definition) is 3. The highest BCUT2D eigenvalue weighted by molar-refractivity contribution is 6.32. The van der Waals surface area contributed by atoms with Gasteiger partial charge >= 0.3 is 0 Å². The predicted molar refractivity (Wildman–Crippen MR) is 59.6 cm³/mol. The van der Waals surface area contributed by atoms with Crippen LogP contribution in [0.1, 0.15) is 5.69 Å². The molecule has 0 amide bonds. The highest BCUT2D eigenvalue weighted by Gasteiger charge is 2.07. The first-order valence-electron chi connectivity index (χ1n) is 4.46. The van der Waals surface area contributed by atoms with Crippen molar-refractivity contribution in [2.75, 3.05) is 0 Å². The van der Waals surface area contributed by atoms with Gasteiger partial charge in [0.2, 0.25) is 5.69 Å². The standard InChI is InChI=1S/C11H6ClN3O/c12-8-3-1-2-4-10(8)15-6-5-14-9(7-13)11(15)16/h1-6H. The van der Waals surface area contributed by atoms with Gasteiger partial charge in [0.05, 0.1) is 10.7 Å². The van der Waals surface area contributed by atoms with Gasteiger partial charge in [0.25, 0.3) is 5.56 Å². The smallest absolute Gasteiger partial charge is 0.279 e. The monoisotopic (exact) mass is 231 g/mol. The van der Waals surface area contributed by atoms with E-state index in [0.29, 0.717) is 10.7 Å². The summed E-state index contributed by atoms with van der Waals surface area (Å²) in [5.74, 6) is 0. The van der Waals surface area contributed by atoms with Crippen LogP contribution >= 0.6 is 11.6 Å². The van der Waals surface area contributed by atoms with Crippen LogP contribution < -0.4 is 5.56 Å². The van der Waals surface area contributed by atoms with Gasteiger partial charge in [-0.05, 0) is 12.1 Å². The summed E-state index contributed by atoms with van der Waals surface area (Å²) in [4.78, 5) is 15.4. The lowest BCUT2D eigenvalue weighted by Crippen LogP contribution is -2.21. The van der Waals surface area contributed by atoms with Crippen molar-refractivity contribution in [1.82, 2.24) is 9.55 Å². The van der Waals surface area contributed by atoms with Gasteiger partial charge < -0.3 is 0 Å². The molecule has 0 aliphatic carbocycles. The average molecular weight is 232 g/mol. The van der Waals surface area contributed by atoms with E-state index < -0.39 is 5.56 Å². The summed E-state index contributed by atoms with van der Waals surface area (Å²) in [5.41, 5.74) is -0.0893. The molecule has 2 aromatic rings. The number of para-hydroxylation sites is 1. The molecule has 0 radical (unpaired) electrons. The summed E-state index contributed by atoms with van der Waals surface area (Å²) in [6.45, 7) is 0. The molecule has 0 aliphatic rings. The van der Waals surface area contributed by atoms with E-state index in [1.54, 1.807) is 30.3 Å². The number of rotatable bonds is 1. The number of nitrogens with zero attached hydrogens (tertiary/aromatic N) is 3. The summed E-state index contributed by atoms with van der Waals surface area (Å²) >= 11 is 5.96. The van der Waals surface area contributed by atoms with Crippen molar-refractivity contribution in [2.45, 2.75) is 0 Å². The molecule has 0 N–H and O–H groups in total. The van der Waals surface area contributed by atoms with Crippen LogP contribution in [0.15, 0.2) is 41.5 Å². The Balaban J connectivity index is 2.72. The van der Waals surface area contributed by atoms with Gasteiger partial charge in [-0.3, -0.25) is 9.36 Å². The van der Waals surface area contributed by atoms with E-state index in [9.17, 15) is 4.79 Å². The highest BCUT2D eigenvalue weighted by atomic mass is 35.5. The molecule has 0 bridgehead atoms. The van der Waals surface area contributed by atoms with Gasteiger partial charge in [0.15, 0.2) is 0 Å². The van der Waals surface area contributed by atoms with Crippen molar-refractivity contribution in [3.05, 3.63) is 57.7 Å². The normalized spacial score (nSPS) is 9.75. The SMILES string of the molecule is N#Cc1nccn(-c2ccccc2Cl)c1=O. The first-order chi connectivity index (χ1) is 7.74. The summed E-state index contributed by atoms with van der Waals surface area (Å²) in [6.07, 6.45) is 2.87. The molecule has 1 aromatic carbocycles. The number of hydrogen-bond donors (Lipinski definition) is 0. The maximum absolute atomic E-state index is 11.8. The molecular weight excluding hydrogens is 226 g/mol. The summed E-state index contributed by atoms with van der Waals surface area (Å²) in [7, 11) is 0. The van der Waals surface area contributed by atoms with Crippen LogP contribution in [-0.4, -0.2) is 9.55 Å². The van der Waals surface area contributed by atoms with Crippen LogP contribution in [-0.2, 0) is 0 Å². The molecule has 1 aromatic heterocycles. The van der Waals surface area contributed by atoms with Crippen LogP contribution in [0, 0.1) is 11.3 Å². The Morgan fingerprint density at radius 2 is 2.12 bits per heavy atom. The van der Waals surface area contributed by atoms with Gasteiger partial charge in [-0.2, -0.15) is 5.26 Å². The topological polar surface area (TPSA) is 58.7 Å². The van der Waals surface area contributed by atoms with Crippen LogP contribution in [0.4, 0.5) is 0 Å². The Morgan fingerprint density at radius 3 is 2.81 bits per heavy atom. The van der Waals surface area contributed by atoms with E-state index in [4.69, 9.17) is 16.9 Å². The number of nitriles is 1. The minimum atomic E-state index is -0.474. The predicted octanol–water partition coefficient (Wildman–Crippen LogP) is 1.76. The molecule has 0 unspecified atom stereocenters. The third-order valence-corrected chi connectivity index (χ3v) is 2.38. The zero-order chi connectivity index (χ0) is 11.5. The second kappa shape index (κ2) is 4.17. The molecule has 1 heterocycles. The molecule has 0 saturated heterocycles. The first kappa shape index (κ1) is 10.4. The minimum absolute atomic E-state index is 0.151. The Labute approximate surface area is 96.4 Å². The maximum Gasteiger partial charge on any atom is 0.291 e. The molecule has 0 aliphatic heterocycles. The maximum atomic E-state index is 11.8. The first-order valence-corrected chi connectivity index (χ1v) is 4.84. The summed E-state index contributed by atoms with van der Waals surface area (Å²) in [5, 5.41) is 9.14. The molecule has 0 spiro atoms. The molecule has 78 valence electrons. The number of aromatic nitrogens is 2. The molecule has 0 saturated carbocycles. The van der Waals surface area contributed by atoms with E-state index in [-0.39, 0.29) is 5.69 Å². The van der Waals surface area contributed by atoms with Gasteiger partial charge in [0.1, 0.15) is 6.07 Å². The summed E-state index contributed by atoms with van der Waals surface area (Å²) < 4.78 is 1.30. The van der Waals surface area contributed by atoms with E-state index in [0.717, 1.165) is 0 Å². The van der Waals surface area contributed by atoms with Crippen LogP contribution in [0.5, 0.6) is 0 Å². The zero-order valence-electron chi connectivity index (χ0n) is 8.09. The third-order valence-electron chi connectivity index (χ3n) is 2.06. The highest BCUT2D eigenvalue weighted by Crippen LogP contribution is 2.17. The van der Waals surface area contributed by atoms with Crippen molar-refractivity contribution in [2.24, 2.45) is 0 Å². The Morgan fingerprint density at radius 1 is 1.38 bits per heavy atom. The molecular formula is C11H6ClN3O. The van der Waals surface area contributed by atoms with E-state index in [1.165, 1.54) is 17.0 Å².